The molecule has 0 heterocycles. The van der Waals surface area contributed by atoms with Crippen molar-refractivity contribution in [3.05, 3.63) is 29.8 Å². The molecule has 0 aromatic heterocycles. The van der Waals surface area contributed by atoms with Gasteiger partial charge in [0.05, 0.1) is 19.3 Å². The van der Waals surface area contributed by atoms with Gasteiger partial charge in [-0.1, -0.05) is 25.5 Å². The van der Waals surface area contributed by atoms with Crippen LogP contribution in [0.25, 0.3) is 0 Å². The van der Waals surface area contributed by atoms with Crippen molar-refractivity contribution < 1.29 is 10.2 Å². The van der Waals surface area contributed by atoms with Crippen LogP contribution in [-0.2, 0) is 6.42 Å². The number of anilines is 1. The maximum atomic E-state index is 8.90. The summed E-state index contributed by atoms with van der Waals surface area (Å²) in [6.07, 6.45) is 2.23. The van der Waals surface area contributed by atoms with E-state index >= 15 is 0 Å². The molecular formula is C12H19NO2. The number of hydrogen-bond donors (Lipinski definition) is 3. The van der Waals surface area contributed by atoms with Crippen LogP contribution in [0.3, 0.4) is 0 Å². The second-order valence-corrected chi connectivity index (χ2v) is 3.65. The largest absolute Gasteiger partial charge is 0.394 e. The Bertz CT molecular complexity index is 267. The Kier molecular flexibility index (Phi) is 5.15. The number of aliphatic hydroxyl groups excluding tert-OH is 2. The smallest absolute Gasteiger partial charge is 0.0723 e. The molecule has 3 heteroatoms. The first kappa shape index (κ1) is 12.0. The lowest BCUT2D eigenvalue weighted by molar-refractivity contribution is 0.204. The van der Waals surface area contributed by atoms with Gasteiger partial charge in [-0.05, 0) is 24.1 Å². The molecule has 1 rings (SSSR count). The van der Waals surface area contributed by atoms with Gasteiger partial charge in [0, 0.05) is 5.69 Å². The van der Waals surface area contributed by atoms with Crippen molar-refractivity contribution in [2.75, 3.05) is 18.5 Å². The molecule has 0 saturated heterocycles. The van der Waals surface area contributed by atoms with E-state index in [-0.39, 0.29) is 19.3 Å². The SMILES string of the molecule is CCCc1ccc(NC(CO)CO)cc1. The second-order valence-electron chi connectivity index (χ2n) is 3.65. The van der Waals surface area contributed by atoms with Gasteiger partial charge in [0.25, 0.3) is 0 Å². The van der Waals surface area contributed by atoms with Crippen LogP contribution in [0.15, 0.2) is 24.3 Å². The average molecular weight is 209 g/mol. The number of nitrogens with one attached hydrogen (secondary N) is 1. The highest BCUT2D eigenvalue weighted by atomic mass is 16.3. The summed E-state index contributed by atoms with van der Waals surface area (Å²) in [6.45, 7) is 2.03. The Balaban J connectivity index is 2.55. The minimum Gasteiger partial charge on any atom is -0.394 e. The summed E-state index contributed by atoms with van der Waals surface area (Å²) in [5, 5.41) is 20.9. The molecule has 0 amide bonds. The summed E-state index contributed by atoms with van der Waals surface area (Å²) in [6, 6.07) is 7.81. The molecule has 0 radical (unpaired) electrons. The summed E-state index contributed by atoms with van der Waals surface area (Å²) >= 11 is 0. The zero-order valence-electron chi connectivity index (χ0n) is 9.11. The molecule has 1 aromatic carbocycles. The zero-order valence-corrected chi connectivity index (χ0v) is 9.11. The number of aliphatic hydroxyl groups is 2. The summed E-state index contributed by atoms with van der Waals surface area (Å²) < 4.78 is 0. The van der Waals surface area contributed by atoms with Gasteiger partial charge in [-0.25, -0.2) is 0 Å². The molecule has 0 aliphatic heterocycles. The summed E-state index contributed by atoms with van der Waals surface area (Å²) in [4.78, 5) is 0. The van der Waals surface area contributed by atoms with Gasteiger partial charge >= 0.3 is 0 Å². The Hall–Kier alpha value is -1.06. The Morgan fingerprint density at radius 1 is 1.13 bits per heavy atom. The van der Waals surface area contributed by atoms with E-state index in [4.69, 9.17) is 10.2 Å². The highest BCUT2D eigenvalue weighted by molar-refractivity contribution is 5.45. The Morgan fingerprint density at radius 2 is 1.73 bits per heavy atom. The van der Waals surface area contributed by atoms with Crippen LogP contribution < -0.4 is 5.32 Å². The lowest BCUT2D eigenvalue weighted by Crippen LogP contribution is -2.27. The Morgan fingerprint density at radius 3 is 2.20 bits per heavy atom. The van der Waals surface area contributed by atoms with Crippen LogP contribution in [0, 0.1) is 0 Å². The average Bonchev–Trinajstić information content (AvgIpc) is 2.28. The predicted molar refractivity (Wildman–Crippen MR) is 62.0 cm³/mol. The summed E-state index contributed by atoms with van der Waals surface area (Å²) in [5.74, 6) is 0. The van der Waals surface area contributed by atoms with E-state index in [2.05, 4.69) is 24.4 Å². The van der Waals surface area contributed by atoms with Gasteiger partial charge in [0.15, 0.2) is 0 Å². The van der Waals surface area contributed by atoms with Crippen LogP contribution >= 0.6 is 0 Å². The molecule has 0 bridgehead atoms. The molecule has 0 aliphatic carbocycles. The fourth-order valence-electron chi connectivity index (χ4n) is 1.44. The van der Waals surface area contributed by atoms with Crippen LogP contribution in [0.2, 0.25) is 0 Å². The maximum Gasteiger partial charge on any atom is 0.0723 e. The van der Waals surface area contributed by atoms with Crippen molar-refractivity contribution in [2.45, 2.75) is 25.8 Å². The number of hydrogen-bond acceptors (Lipinski definition) is 3. The zero-order chi connectivity index (χ0) is 11.1. The lowest BCUT2D eigenvalue weighted by Gasteiger charge is -2.14. The highest BCUT2D eigenvalue weighted by Crippen LogP contribution is 2.11. The fraction of sp³-hybridized carbons (Fsp3) is 0.500. The molecule has 0 spiro atoms. The summed E-state index contributed by atoms with van der Waals surface area (Å²) in [7, 11) is 0. The standard InChI is InChI=1S/C12H19NO2/c1-2-3-10-4-6-11(7-5-10)13-12(8-14)9-15/h4-7,12-15H,2-3,8-9H2,1H3. The molecule has 84 valence electrons. The molecule has 3 nitrogen and oxygen atoms in total. The van der Waals surface area contributed by atoms with Crippen molar-refractivity contribution in [1.82, 2.24) is 0 Å². The monoisotopic (exact) mass is 209 g/mol. The molecule has 0 fully saturated rings. The van der Waals surface area contributed by atoms with Gasteiger partial charge in [-0.3, -0.25) is 0 Å². The summed E-state index contributed by atoms with van der Waals surface area (Å²) in [5.41, 5.74) is 2.25. The highest BCUT2D eigenvalue weighted by Gasteiger charge is 2.04. The quantitative estimate of drug-likeness (QED) is 0.664. The first-order valence-electron chi connectivity index (χ1n) is 5.37. The minimum atomic E-state index is -0.276. The number of benzene rings is 1. The van der Waals surface area contributed by atoms with Crippen LogP contribution in [-0.4, -0.2) is 29.5 Å². The number of rotatable bonds is 6. The molecule has 15 heavy (non-hydrogen) atoms. The molecule has 0 unspecified atom stereocenters. The van der Waals surface area contributed by atoms with E-state index in [1.165, 1.54) is 5.56 Å². The third kappa shape index (κ3) is 3.90. The molecule has 3 N–H and O–H groups in total. The van der Waals surface area contributed by atoms with Gasteiger partial charge < -0.3 is 15.5 Å². The van der Waals surface area contributed by atoms with E-state index in [1.807, 2.05) is 12.1 Å². The van der Waals surface area contributed by atoms with E-state index in [9.17, 15) is 0 Å². The van der Waals surface area contributed by atoms with Gasteiger partial charge in [0.1, 0.15) is 0 Å². The van der Waals surface area contributed by atoms with E-state index < -0.39 is 0 Å². The van der Waals surface area contributed by atoms with Crippen molar-refractivity contribution in [3.63, 3.8) is 0 Å². The molecular weight excluding hydrogens is 190 g/mol. The van der Waals surface area contributed by atoms with Crippen molar-refractivity contribution in [2.24, 2.45) is 0 Å². The maximum absolute atomic E-state index is 8.90. The van der Waals surface area contributed by atoms with E-state index in [1.54, 1.807) is 0 Å². The first-order valence-corrected chi connectivity index (χ1v) is 5.37. The van der Waals surface area contributed by atoms with Crippen molar-refractivity contribution >= 4 is 5.69 Å². The van der Waals surface area contributed by atoms with Crippen LogP contribution in [0.5, 0.6) is 0 Å². The second kappa shape index (κ2) is 6.43. The van der Waals surface area contributed by atoms with Crippen molar-refractivity contribution in [3.8, 4) is 0 Å². The normalized spacial score (nSPS) is 10.7. The van der Waals surface area contributed by atoms with Crippen LogP contribution in [0.4, 0.5) is 5.69 Å². The minimum absolute atomic E-state index is 0.0623. The van der Waals surface area contributed by atoms with E-state index in [0.717, 1.165) is 18.5 Å². The fourth-order valence-corrected chi connectivity index (χ4v) is 1.44. The Labute approximate surface area is 90.8 Å². The van der Waals surface area contributed by atoms with Crippen LogP contribution in [0.1, 0.15) is 18.9 Å². The molecule has 0 atom stereocenters. The first-order chi connectivity index (χ1) is 7.30. The molecule has 1 aromatic rings. The van der Waals surface area contributed by atoms with Gasteiger partial charge in [-0.15, -0.1) is 0 Å². The number of aryl methyl sites for hydroxylation is 1. The predicted octanol–water partition coefficient (Wildman–Crippen LogP) is 1.40. The molecule has 0 saturated carbocycles. The molecule has 0 aliphatic rings. The van der Waals surface area contributed by atoms with Gasteiger partial charge in [0.2, 0.25) is 0 Å². The van der Waals surface area contributed by atoms with E-state index in [0.29, 0.717) is 0 Å². The van der Waals surface area contributed by atoms with Crippen molar-refractivity contribution in [1.29, 1.82) is 0 Å². The topological polar surface area (TPSA) is 52.5 Å². The third-order valence-corrected chi connectivity index (χ3v) is 2.30. The third-order valence-electron chi connectivity index (χ3n) is 2.30. The lowest BCUT2D eigenvalue weighted by atomic mass is 10.1. The van der Waals surface area contributed by atoms with Gasteiger partial charge in [-0.2, -0.15) is 0 Å².